The van der Waals surface area contributed by atoms with Crippen molar-refractivity contribution in [3.05, 3.63) is 82.9 Å². The Balaban J connectivity index is 1.95. The van der Waals surface area contributed by atoms with Crippen LogP contribution in [0.4, 0.5) is 11.4 Å². The van der Waals surface area contributed by atoms with Crippen molar-refractivity contribution >= 4 is 21.5 Å². The second kappa shape index (κ2) is 7.90. The summed E-state index contributed by atoms with van der Waals surface area (Å²) in [4.78, 5) is 4.02. The van der Waals surface area contributed by atoms with Gasteiger partial charge in [0.15, 0.2) is 0 Å². The molecular weight excluding hydrogens is 412 g/mol. The van der Waals surface area contributed by atoms with Crippen molar-refractivity contribution in [1.82, 2.24) is 0 Å². The van der Waals surface area contributed by atoms with Crippen LogP contribution in [0.5, 0.6) is 11.5 Å². The van der Waals surface area contributed by atoms with Crippen molar-refractivity contribution in [2.45, 2.75) is 11.7 Å². The van der Waals surface area contributed by atoms with E-state index in [9.17, 15) is 13.0 Å². The van der Waals surface area contributed by atoms with E-state index in [2.05, 4.69) is 0 Å². The van der Waals surface area contributed by atoms with Gasteiger partial charge in [-0.25, -0.2) is 0 Å². The Labute approximate surface area is 183 Å². The molecule has 0 saturated carbocycles. The highest BCUT2D eigenvalue weighted by atomic mass is 32.2. The zero-order valence-corrected chi connectivity index (χ0v) is 18.8. The van der Waals surface area contributed by atoms with Crippen LogP contribution < -0.4 is 14.5 Å². The fourth-order valence-electron chi connectivity index (χ4n) is 4.02. The summed E-state index contributed by atoms with van der Waals surface area (Å²) < 4.78 is 39.2. The molecule has 162 valence electrons. The fraction of sp³-hybridized carbons (Fsp3) is 0.250. The van der Waals surface area contributed by atoms with E-state index in [1.54, 1.807) is 12.1 Å². The molecule has 0 saturated heterocycles. The van der Waals surface area contributed by atoms with Crippen molar-refractivity contribution in [2.75, 3.05) is 38.0 Å². The van der Waals surface area contributed by atoms with E-state index in [0.29, 0.717) is 5.56 Å². The molecule has 3 aromatic carbocycles. The molecular formula is C24H26N2O4S. The summed E-state index contributed by atoms with van der Waals surface area (Å²) in [5, 5.41) is 0. The van der Waals surface area contributed by atoms with Crippen LogP contribution in [0.3, 0.4) is 0 Å². The summed E-state index contributed by atoms with van der Waals surface area (Å²) in [6.45, 7) is 0. The topological polar surface area (TPSA) is 70.1 Å². The van der Waals surface area contributed by atoms with Crippen molar-refractivity contribution in [1.29, 1.82) is 0 Å². The predicted molar refractivity (Wildman–Crippen MR) is 124 cm³/mol. The highest BCUT2D eigenvalue weighted by molar-refractivity contribution is 7.85. The summed E-state index contributed by atoms with van der Waals surface area (Å²) in [7, 11) is 3.72. The van der Waals surface area contributed by atoms with Gasteiger partial charge in [-0.1, -0.05) is 36.4 Å². The summed E-state index contributed by atoms with van der Waals surface area (Å²) >= 11 is 0. The van der Waals surface area contributed by atoms with Crippen LogP contribution in [-0.4, -0.2) is 41.2 Å². The smallest absolute Gasteiger partial charge is 0.269 e. The van der Waals surface area contributed by atoms with Gasteiger partial charge in [-0.05, 0) is 23.3 Å². The number of rotatable bonds is 5. The normalized spacial score (nSPS) is 13.2. The van der Waals surface area contributed by atoms with E-state index in [-0.39, 0.29) is 5.92 Å². The second-order valence-corrected chi connectivity index (χ2v) is 9.65. The van der Waals surface area contributed by atoms with E-state index in [4.69, 9.17) is 4.74 Å². The van der Waals surface area contributed by atoms with Crippen LogP contribution in [-0.2, 0) is 15.9 Å². The standard InChI is InChI=1S/C24H26N2O4S/c1-25(2)17-9-11-20-22(13-17)30-23-14-18(26(3)4)10-12-21(23)24(20)19-8-6-5-7-16(19)15-31(27,28)29/h5-14,24H,15H2,1-4H3,(H,27,28,29). The van der Waals surface area contributed by atoms with Crippen LogP contribution in [0, 0.1) is 0 Å². The average molecular weight is 439 g/mol. The van der Waals surface area contributed by atoms with Crippen LogP contribution in [0.1, 0.15) is 28.2 Å². The Morgan fingerprint density at radius 2 is 1.32 bits per heavy atom. The molecule has 1 N–H and O–H groups in total. The van der Waals surface area contributed by atoms with Crippen LogP contribution in [0.25, 0.3) is 0 Å². The van der Waals surface area contributed by atoms with Crippen molar-refractivity contribution in [3.8, 4) is 11.5 Å². The van der Waals surface area contributed by atoms with Gasteiger partial charge >= 0.3 is 0 Å². The molecule has 0 radical (unpaired) electrons. The fourth-order valence-corrected chi connectivity index (χ4v) is 4.68. The third kappa shape index (κ3) is 4.24. The maximum Gasteiger partial charge on any atom is 0.269 e. The lowest BCUT2D eigenvalue weighted by atomic mass is 9.80. The zero-order chi connectivity index (χ0) is 22.3. The van der Waals surface area contributed by atoms with Gasteiger partial charge in [-0.3, -0.25) is 4.55 Å². The number of fused-ring (bicyclic) bond motifs is 2. The second-order valence-electron chi connectivity index (χ2n) is 8.19. The molecule has 0 spiro atoms. The molecule has 0 aliphatic carbocycles. The van der Waals surface area contributed by atoms with Gasteiger partial charge in [0.25, 0.3) is 10.1 Å². The number of benzene rings is 3. The number of hydrogen-bond acceptors (Lipinski definition) is 5. The first-order valence-electron chi connectivity index (χ1n) is 9.97. The van der Waals surface area contributed by atoms with Crippen LogP contribution in [0.2, 0.25) is 0 Å². The molecule has 0 atom stereocenters. The molecule has 1 heterocycles. The van der Waals surface area contributed by atoms with Crippen molar-refractivity contribution in [2.24, 2.45) is 0 Å². The van der Waals surface area contributed by atoms with Crippen molar-refractivity contribution in [3.63, 3.8) is 0 Å². The van der Waals surface area contributed by atoms with Gasteiger partial charge in [-0.2, -0.15) is 8.42 Å². The van der Waals surface area contributed by atoms with Gasteiger partial charge in [0, 0.05) is 68.7 Å². The SMILES string of the molecule is CN(C)c1ccc2c(c1)Oc1cc(N(C)C)ccc1C2c1ccccc1CS(=O)(=O)O. The molecule has 0 amide bonds. The lowest BCUT2D eigenvalue weighted by molar-refractivity contribution is 0.452. The average Bonchev–Trinajstić information content (AvgIpc) is 2.70. The Morgan fingerprint density at radius 1 is 0.806 bits per heavy atom. The van der Waals surface area contributed by atoms with Gasteiger partial charge < -0.3 is 14.5 Å². The van der Waals surface area contributed by atoms with E-state index in [1.165, 1.54) is 0 Å². The molecule has 6 nitrogen and oxygen atoms in total. The Morgan fingerprint density at radius 3 is 1.81 bits per heavy atom. The van der Waals surface area contributed by atoms with E-state index in [1.807, 2.05) is 86.5 Å². The predicted octanol–water partition coefficient (Wildman–Crippen LogP) is 4.49. The number of anilines is 2. The Kier molecular flexibility index (Phi) is 5.41. The molecule has 7 heteroatoms. The molecule has 0 fully saturated rings. The van der Waals surface area contributed by atoms with E-state index in [0.717, 1.165) is 39.6 Å². The third-order valence-electron chi connectivity index (χ3n) is 5.57. The lowest BCUT2D eigenvalue weighted by Crippen LogP contribution is -2.17. The summed E-state index contributed by atoms with van der Waals surface area (Å²) in [6, 6.07) is 19.5. The lowest BCUT2D eigenvalue weighted by Gasteiger charge is -2.31. The molecule has 3 aromatic rings. The first kappa shape index (κ1) is 21.2. The maximum atomic E-state index is 11.7. The van der Waals surface area contributed by atoms with Gasteiger partial charge in [-0.15, -0.1) is 0 Å². The first-order chi connectivity index (χ1) is 14.6. The summed E-state index contributed by atoms with van der Waals surface area (Å²) in [6.07, 6.45) is 0. The number of nitrogens with zero attached hydrogens (tertiary/aromatic N) is 2. The molecule has 1 aliphatic heterocycles. The van der Waals surface area contributed by atoms with E-state index >= 15 is 0 Å². The van der Waals surface area contributed by atoms with Gasteiger partial charge in [0.2, 0.25) is 0 Å². The summed E-state index contributed by atoms with van der Waals surface area (Å²) in [5.74, 6) is 0.822. The third-order valence-corrected chi connectivity index (χ3v) is 6.25. The highest BCUT2D eigenvalue weighted by Gasteiger charge is 2.31. The van der Waals surface area contributed by atoms with E-state index < -0.39 is 15.9 Å². The Hall–Kier alpha value is -3.03. The van der Waals surface area contributed by atoms with Crippen LogP contribution >= 0.6 is 0 Å². The largest absolute Gasteiger partial charge is 0.457 e. The van der Waals surface area contributed by atoms with Gasteiger partial charge in [0.1, 0.15) is 17.3 Å². The molecule has 1 aliphatic rings. The first-order valence-corrected chi connectivity index (χ1v) is 11.6. The van der Waals surface area contributed by atoms with Crippen molar-refractivity contribution < 1.29 is 17.7 Å². The minimum absolute atomic E-state index is 0.218. The zero-order valence-electron chi connectivity index (χ0n) is 18.0. The maximum absolute atomic E-state index is 11.7. The number of hydrogen-bond donors (Lipinski definition) is 1. The molecule has 31 heavy (non-hydrogen) atoms. The minimum atomic E-state index is -4.17. The molecule has 0 unspecified atom stereocenters. The highest BCUT2D eigenvalue weighted by Crippen LogP contribution is 2.49. The molecule has 4 rings (SSSR count). The number of ether oxygens (including phenoxy) is 1. The minimum Gasteiger partial charge on any atom is -0.457 e. The molecule has 0 bridgehead atoms. The summed E-state index contributed by atoms with van der Waals surface area (Å²) in [5.41, 5.74) is 5.34. The quantitative estimate of drug-likeness (QED) is 0.463. The molecule has 0 aromatic heterocycles. The van der Waals surface area contributed by atoms with Crippen LogP contribution in [0.15, 0.2) is 60.7 Å². The Bertz CT molecular complexity index is 1180. The monoisotopic (exact) mass is 438 g/mol. The van der Waals surface area contributed by atoms with Gasteiger partial charge in [0.05, 0.1) is 0 Å².